The van der Waals surface area contributed by atoms with Crippen molar-refractivity contribution >= 4 is 18.1 Å². The van der Waals surface area contributed by atoms with Gasteiger partial charge in [0.25, 0.3) is 5.91 Å². The zero-order chi connectivity index (χ0) is 14.8. The fourth-order valence-electron chi connectivity index (χ4n) is 2.81. The van der Waals surface area contributed by atoms with Crippen LogP contribution in [0.4, 0.5) is 0 Å². The van der Waals surface area contributed by atoms with Gasteiger partial charge in [0.2, 0.25) is 0 Å². The predicted molar refractivity (Wildman–Crippen MR) is 85.4 cm³/mol. The lowest BCUT2D eigenvalue weighted by Crippen LogP contribution is -2.35. The molecule has 0 unspecified atom stereocenters. The lowest BCUT2D eigenvalue weighted by atomic mass is 10.1. The molecule has 4 nitrogen and oxygen atoms in total. The smallest absolute Gasteiger partial charge is 0.258 e. The number of H-pyrrole nitrogens is 1. The number of aromatic nitrogens is 2. The Balaban J connectivity index is 1.98. The number of nitrogens with zero attached hydrogens (tertiary/aromatic N) is 2. The molecule has 1 aliphatic rings. The average molecular weight is 301 g/mol. The molecule has 3 rings (SSSR count). The van der Waals surface area contributed by atoms with Crippen LogP contribution in [-0.4, -0.2) is 33.7 Å². The summed E-state index contributed by atoms with van der Waals surface area (Å²) in [6.45, 7) is 3.58. The number of amides is 1. The van der Waals surface area contributed by atoms with Crippen LogP contribution in [0.1, 0.15) is 35.3 Å². The average Bonchev–Trinajstić information content (AvgIpc) is 2.83. The van der Waals surface area contributed by atoms with Gasteiger partial charge in [-0.05, 0) is 38.3 Å². The fourth-order valence-corrected chi connectivity index (χ4v) is 3.20. The molecule has 5 heteroatoms. The van der Waals surface area contributed by atoms with E-state index in [0.29, 0.717) is 10.2 Å². The van der Waals surface area contributed by atoms with E-state index in [1.54, 1.807) is 0 Å². The number of rotatable bonds is 2. The Kier molecular flexibility index (Phi) is 3.92. The van der Waals surface area contributed by atoms with Gasteiger partial charge in [-0.3, -0.25) is 9.89 Å². The van der Waals surface area contributed by atoms with E-state index in [-0.39, 0.29) is 5.91 Å². The highest BCUT2D eigenvalue weighted by molar-refractivity contribution is 7.71. The van der Waals surface area contributed by atoms with Crippen molar-refractivity contribution in [1.82, 2.24) is 14.7 Å². The molecule has 0 aliphatic carbocycles. The molecule has 21 heavy (non-hydrogen) atoms. The third-order valence-electron chi connectivity index (χ3n) is 3.94. The van der Waals surface area contributed by atoms with E-state index in [1.165, 1.54) is 6.42 Å². The van der Waals surface area contributed by atoms with E-state index < -0.39 is 0 Å². The molecule has 1 amide bonds. The molecule has 0 spiro atoms. The molecule has 2 aromatic rings. The summed E-state index contributed by atoms with van der Waals surface area (Å²) in [5.41, 5.74) is 2.42. The molecule has 110 valence electrons. The maximum Gasteiger partial charge on any atom is 0.258 e. The number of carbonyl (C=O) groups is 1. The standard InChI is InChI=1S/C16H19N3OS/c1-12-14(15(20)18-10-6-3-7-11-18)16(21)19(17-12)13-8-4-2-5-9-13/h2,4-5,8-9,17H,3,6-7,10-11H2,1H3. The Morgan fingerprint density at radius 1 is 1.14 bits per heavy atom. The first kappa shape index (κ1) is 14.1. The van der Waals surface area contributed by atoms with E-state index in [4.69, 9.17) is 12.2 Å². The molecular weight excluding hydrogens is 282 g/mol. The Bertz CT molecular complexity index is 696. The van der Waals surface area contributed by atoms with Crippen molar-refractivity contribution in [2.24, 2.45) is 0 Å². The van der Waals surface area contributed by atoms with E-state index in [1.807, 2.05) is 46.8 Å². The van der Waals surface area contributed by atoms with Crippen LogP contribution in [0.15, 0.2) is 30.3 Å². The molecule has 0 radical (unpaired) electrons. The van der Waals surface area contributed by atoms with Gasteiger partial charge in [0, 0.05) is 18.8 Å². The van der Waals surface area contributed by atoms with Crippen molar-refractivity contribution in [3.05, 3.63) is 46.2 Å². The number of aromatic amines is 1. The number of piperidine rings is 1. The van der Waals surface area contributed by atoms with Crippen molar-refractivity contribution < 1.29 is 4.79 Å². The Morgan fingerprint density at radius 3 is 2.48 bits per heavy atom. The Labute approximate surface area is 129 Å². The van der Waals surface area contributed by atoms with Crippen LogP contribution in [0.25, 0.3) is 5.69 Å². The number of likely N-dealkylation sites (tertiary alicyclic amines) is 1. The number of aryl methyl sites for hydroxylation is 1. The predicted octanol–water partition coefficient (Wildman–Crippen LogP) is 3.47. The SMILES string of the molecule is Cc1[nH]n(-c2ccccc2)c(=S)c1C(=O)N1CCCCC1. The summed E-state index contributed by atoms with van der Waals surface area (Å²) in [5, 5.41) is 3.21. The fraction of sp³-hybridized carbons (Fsp3) is 0.375. The molecule has 1 aromatic carbocycles. The molecule has 0 atom stereocenters. The van der Waals surface area contributed by atoms with E-state index in [9.17, 15) is 4.79 Å². The third-order valence-corrected chi connectivity index (χ3v) is 4.33. The second-order valence-corrected chi connectivity index (χ2v) is 5.83. The lowest BCUT2D eigenvalue weighted by molar-refractivity contribution is 0.0723. The van der Waals surface area contributed by atoms with Crippen molar-refractivity contribution in [1.29, 1.82) is 0 Å². The molecule has 1 saturated heterocycles. The molecule has 1 aliphatic heterocycles. The van der Waals surface area contributed by atoms with Crippen LogP contribution in [0.3, 0.4) is 0 Å². The van der Waals surface area contributed by atoms with Crippen LogP contribution < -0.4 is 0 Å². The first-order valence-corrected chi connectivity index (χ1v) is 7.75. The number of benzene rings is 1. The summed E-state index contributed by atoms with van der Waals surface area (Å²) in [6.07, 6.45) is 3.38. The minimum atomic E-state index is 0.0585. The second-order valence-electron chi connectivity index (χ2n) is 5.44. The third kappa shape index (κ3) is 2.65. The van der Waals surface area contributed by atoms with Gasteiger partial charge < -0.3 is 4.90 Å². The minimum Gasteiger partial charge on any atom is -0.338 e. The lowest BCUT2D eigenvalue weighted by Gasteiger charge is -2.26. The van der Waals surface area contributed by atoms with Crippen molar-refractivity contribution in [3.63, 3.8) is 0 Å². The normalized spacial score (nSPS) is 15.2. The summed E-state index contributed by atoms with van der Waals surface area (Å²) in [7, 11) is 0. The van der Waals surface area contributed by atoms with Crippen molar-refractivity contribution in [2.75, 3.05) is 13.1 Å². The zero-order valence-electron chi connectivity index (χ0n) is 12.1. The highest BCUT2D eigenvalue weighted by Crippen LogP contribution is 2.19. The van der Waals surface area contributed by atoms with Crippen LogP contribution >= 0.6 is 12.2 Å². The molecule has 1 aromatic heterocycles. The minimum absolute atomic E-state index is 0.0585. The van der Waals surface area contributed by atoms with Gasteiger partial charge in [-0.15, -0.1) is 0 Å². The topological polar surface area (TPSA) is 41.0 Å². The molecule has 1 fully saturated rings. The van der Waals surface area contributed by atoms with Crippen molar-refractivity contribution in [2.45, 2.75) is 26.2 Å². The monoisotopic (exact) mass is 301 g/mol. The quantitative estimate of drug-likeness (QED) is 0.863. The van der Waals surface area contributed by atoms with Crippen LogP contribution in [0.5, 0.6) is 0 Å². The van der Waals surface area contributed by atoms with Crippen LogP contribution in [-0.2, 0) is 0 Å². The molecule has 1 N–H and O–H groups in total. The van der Waals surface area contributed by atoms with Gasteiger partial charge in [-0.25, -0.2) is 4.68 Å². The maximum atomic E-state index is 12.7. The summed E-state index contributed by atoms with van der Waals surface area (Å²) in [4.78, 5) is 14.6. The second kappa shape index (κ2) is 5.85. The van der Waals surface area contributed by atoms with Gasteiger partial charge in [-0.1, -0.05) is 30.4 Å². The first-order chi connectivity index (χ1) is 10.2. The number of nitrogens with one attached hydrogen (secondary N) is 1. The highest BCUT2D eigenvalue weighted by Gasteiger charge is 2.23. The van der Waals surface area contributed by atoms with E-state index in [0.717, 1.165) is 37.3 Å². The Hall–Kier alpha value is -1.88. The number of para-hydroxylation sites is 1. The number of hydrogen-bond donors (Lipinski definition) is 1. The summed E-state index contributed by atoms with van der Waals surface area (Å²) < 4.78 is 2.37. The first-order valence-electron chi connectivity index (χ1n) is 7.35. The van der Waals surface area contributed by atoms with Crippen LogP contribution in [0, 0.1) is 11.6 Å². The van der Waals surface area contributed by atoms with Crippen LogP contribution in [0.2, 0.25) is 0 Å². The summed E-state index contributed by atoms with van der Waals surface area (Å²) in [5.74, 6) is 0.0585. The Morgan fingerprint density at radius 2 is 1.81 bits per heavy atom. The van der Waals surface area contributed by atoms with Gasteiger partial charge in [0.1, 0.15) is 4.64 Å². The summed E-state index contributed by atoms with van der Waals surface area (Å²) >= 11 is 5.52. The molecule has 2 heterocycles. The van der Waals surface area contributed by atoms with Gasteiger partial charge >= 0.3 is 0 Å². The number of hydrogen-bond acceptors (Lipinski definition) is 2. The molecular formula is C16H19N3OS. The van der Waals surface area contributed by atoms with Crippen molar-refractivity contribution in [3.8, 4) is 5.69 Å². The molecule has 0 saturated carbocycles. The van der Waals surface area contributed by atoms with E-state index in [2.05, 4.69) is 5.10 Å². The highest BCUT2D eigenvalue weighted by atomic mass is 32.1. The zero-order valence-corrected chi connectivity index (χ0v) is 12.9. The number of carbonyl (C=O) groups excluding carboxylic acids is 1. The van der Waals surface area contributed by atoms with Gasteiger partial charge in [-0.2, -0.15) is 0 Å². The van der Waals surface area contributed by atoms with Gasteiger partial charge in [0.15, 0.2) is 0 Å². The van der Waals surface area contributed by atoms with Gasteiger partial charge in [0.05, 0.1) is 11.3 Å². The molecule has 0 bridgehead atoms. The summed E-state index contributed by atoms with van der Waals surface area (Å²) in [6, 6.07) is 9.82. The largest absolute Gasteiger partial charge is 0.338 e. The maximum absolute atomic E-state index is 12.7. The van der Waals surface area contributed by atoms with E-state index >= 15 is 0 Å².